The predicted molar refractivity (Wildman–Crippen MR) is 68.9 cm³/mol. The summed E-state index contributed by atoms with van der Waals surface area (Å²) in [6.07, 6.45) is 4.05. The molecule has 100 valence electrons. The lowest BCUT2D eigenvalue weighted by atomic mass is 10.0. The lowest BCUT2D eigenvalue weighted by Crippen LogP contribution is -2.25. The van der Waals surface area contributed by atoms with E-state index < -0.39 is 11.9 Å². The summed E-state index contributed by atoms with van der Waals surface area (Å²) < 4.78 is 0. The number of aliphatic carboxylic acids is 2. The van der Waals surface area contributed by atoms with Crippen LogP contribution in [0, 0.1) is 6.92 Å². The zero-order chi connectivity index (χ0) is 13.5. The maximum Gasteiger partial charge on any atom is 0.414 e. The highest BCUT2D eigenvalue weighted by atomic mass is 32.1. The van der Waals surface area contributed by atoms with Gasteiger partial charge in [-0.05, 0) is 38.4 Å². The van der Waals surface area contributed by atoms with Gasteiger partial charge in [-0.15, -0.1) is 11.3 Å². The summed E-state index contributed by atoms with van der Waals surface area (Å²) in [7, 11) is 0. The summed E-state index contributed by atoms with van der Waals surface area (Å²) in [5, 5.41) is 18.3. The van der Waals surface area contributed by atoms with Gasteiger partial charge in [0, 0.05) is 15.8 Å². The Morgan fingerprint density at radius 1 is 1.28 bits per heavy atom. The summed E-state index contributed by atoms with van der Waals surface area (Å²) >= 11 is 1.93. The molecule has 3 N–H and O–H groups in total. The van der Waals surface area contributed by atoms with Crippen LogP contribution in [0.1, 0.15) is 35.1 Å². The van der Waals surface area contributed by atoms with E-state index in [1.165, 1.54) is 35.6 Å². The zero-order valence-electron chi connectivity index (χ0n) is 10.2. The second kappa shape index (κ2) is 7.13. The van der Waals surface area contributed by atoms with E-state index in [9.17, 15) is 0 Å². The molecule has 1 fully saturated rings. The molecule has 0 aromatic carbocycles. The standard InChI is InChI=1S/C10H15NS.C2H2O4/c1-8-5-6-10(12-8)9-4-2-3-7-11-9;3-1(4)2(5)6/h5-6,9,11H,2-4,7H2,1H3;(H,3,4)(H,5,6). The summed E-state index contributed by atoms with van der Waals surface area (Å²) in [6, 6.07) is 5.14. The minimum atomic E-state index is -1.82. The van der Waals surface area contributed by atoms with Crippen LogP contribution in [-0.4, -0.2) is 28.7 Å². The van der Waals surface area contributed by atoms with Crippen LogP contribution in [-0.2, 0) is 9.59 Å². The summed E-state index contributed by atoms with van der Waals surface area (Å²) in [5.74, 6) is -3.65. The van der Waals surface area contributed by atoms with Crippen molar-refractivity contribution in [2.75, 3.05) is 6.54 Å². The van der Waals surface area contributed by atoms with E-state index in [4.69, 9.17) is 19.8 Å². The third-order valence-electron chi connectivity index (χ3n) is 2.60. The second-order valence-electron chi connectivity index (χ2n) is 4.06. The van der Waals surface area contributed by atoms with Gasteiger partial charge >= 0.3 is 11.9 Å². The predicted octanol–water partition coefficient (Wildman–Crippen LogP) is 2.03. The van der Waals surface area contributed by atoms with Gasteiger partial charge in [0.2, 0.25) is 0 Å². The van der Waals surface area contributed by atoms with Crippen molar-refractivity contribution in [3.8, 4) is 0 Å². The molecule has 1 atom stereocenters. The molecule has 2 rings (SSSR count). The smallest absolute Gasteiger partial charge is 0.414 e. The first-order valence-corrected chi connectivity index (χ1v) is 6.58. The number of carbonyl (C=O) groups is 2. The summed E-state index contributed by atoms with van der Waals surface area (Å²) in [4.78, 5) is 21.1. The minimum absolute atomic E-state index is 0.650. The van der Waals surface area contributed by atoms with E-state index in [2.05, 4.69) is 24.4 Å². The Balaban J connectivity index is 0.000000232. The van der Waals surface area contributed by atoms with Gasteiger partial charge in [-0.1, -0.05) is 6.42 Å². The number of nitrogens with one attached hydrogen (secondary N) is 1. The maximum absolute atomic E-state index is 9.10. The van der Waals surface area contributed by atoms with Crippen molar-refractivity contribution in [2.24, 2.45) is 0 Å². The fourth-order valence-corrected chi connectivity index (χ4v) is 2.72. The monoisotopic (exact) mass is 271 g/mol. The van der Waals surface area contributed by atoms with Gasteiger partial charge in [0.15, 0.2) is 0 Å². The lowest BCUT2D eigenvalue weighted by molar-refractivity contribution is -0.159. The summed E-state index contributed by atoms with van der Waals surface area (Å²) in [5.41, 5.74) is 0. The van der Waals surface area contributed by atoms with Gasteiger partial charge in [-0.25, -0.2) is 9.59 Å². The van der Waals surface area contributed by atoms with Crippen LogP contribution in [0.3, 0.4) is 0 Å². The number of rotatable bonds is 1. The van der Waals surface area contributed by atoms with E-state index in [1.807, 2.05) is 11.3 Å². The second-order valence-corrected chi connectivity index (χ2v) is 5.38. The average Bonchev–Trinajstić information content (AvgIpc) is 2.78. The highest BCUT2D eigenvalue weighted by Gasteiger charge is 2.15. The van der Waals surface area contributed by atoms with E-state index in [-0.39, 0.29) is 0 Å². The Morgan fingerprint density at radius 3 is 2.33 bits per heavy atom. The molecule has 6 heteroatoms. The summed E-state index contributed by atoms with van der Waals surface area (Å²) in [6.45, 7) is 3.37. The van der Waals surface area contributed by atoms with Crippen molar-refractivity contribution in [3.05, 3.63) is 21.9 Å². The van der Waals surface area contributed by atoms with Gasteiger partial charge in [0.1, 0.15) is 0 Å². The van der Waals surface area contributed by atoms with Crippen LogP contribution >= 0.6 is 11.3 Å². The average molecular weight is 271 g/mol. The van der Waals surface area contributed by atoms with E-state index in [0.29, 0.717) is 6.04 Å². The molecule has 1 aromatic rings. The van der Waals surface area contributed by atoms with Crippen LogP contribution < -0.4 is 5.32 Å². The van der Waals surface area contributed by atoms with Crippen molar-refractivity contribution in [1.82, 2.24) is 5.32 Å². The molecule has 1 aliphatic rings. The number of thiophene rings is 1. The molecule has 0 bridgehead atoms. The normalized spacial score (nSPS) is 18.6. The highest BCUT2D eigenvalue weighted by Crippen LogP contribution is 2.28. The number of carboxylic acid groups (broad SMARTS) is 2. The molecule has 0 aliphatic carbocycles. The Kier molecular flexibility index (Phi) is 5.80. The van der Waals surface area contributed by atoms with Crippen molar-refractivity contribution in [3.63, 3.8) is 0 Å². The number of hydrogen-bond acceptors (Lipinski definition) is 4. The topological polar surface area (TPSA) is 86.6 Å². The van der Waals surface area contributed by atoms with Gasteiger partial charge in [0.05, 0.1) is 0 Å². The maximum atomic E-state index is 9.10. The molecule has 0 saturated carbocycles. The van der Waals surface area contributed by atoms with E-state index in [1.54, 1.807) is 0 Å². The zero-order valence-corrected chi connectivity index (χ0v) is 11.0. The van der Waals surface area contributed by atoms with Crippen LogP contribution in [0.25, 0.3) is 0 Å². The fourth-order valence-electron chi connectivity index (χ4n) is 1.74. The first-order chi connectivity index (χ1) is 8.50. The molecule has 1 saturated heterocycles. The Hall–Kier alpha value is -1.40. The van der Waals surface area contributed by atoms with Gasteiger partial charge < -0.3 is 15.5 Å². The molecule has 0 radical (unpaired) electrons. The van der Waals surface area contributed by atoms with Crippen molar-refractivity contribution in [1.29, 1.82) is 0 Å². The number of hydrogen-bond donors (Lipinski definition) is 3. The molecule has 18 heavy (non-hydrogen) atoms. The molecular weight excluding hydrogens is 254 g/mol. The molecule has 1 unspecified atom stereocenters. The Labute approximate surface area is 109 Å². The third kappa shape index (κ3) is 4.85. The first kappa shape index (κ1) is 14.7. The van der Waals surface area contributed by atoms with Gasteiger partial charge in [0.25, 0.3) is 0 Å². The largest absolute Gasteiger partial charge is 0.473 e. The first-order valence-electron chi connectivity index (χ1n) is 5.76. The molecule has 2 heterocycles. The van der Waals surface area contributed by atoms with E-state index >= 15 is 0 Å². The third-order valence-corrected chi connectivity index (χ3v) is 3.71. The van der Waals surface area contributed by atoms with E-state index in [0.717, 1.165) is 0 Å². The quantitative estimate of drug-likeness (QED) is 0.680. The molecular formula is C12H17NO4S. The van der Waals surface area contributed by atoms with Crippen LogP contribution in [0.15, 0.2) is 12.1 Å². The number of aryl methyl sites for hydroxylation is 1. The lowest BCUT2D eigenvalue weighted by Gasteiger charge is -2.22. The van der Waals surface area contributed by atoms with Gasteiger partial charge in [-0.3, -0.25) is 0 Å². The van der Waals surface area contributed by atoms with Gasteiger partial charge in [-0.2, -0.15) is 0 Å². The van der Waals surface area contributed by atoms with Crippen molar-refractivity contribution < 1.29 is 19.8 Å². The van der Waals surface area contributed by atoms with Crippen LogP contribution in [0.5, 0.6) is 0 Å². The van der Waals surface area contributed by atoms with Crippen molar-refractivity contribution in [2.45, 2.75) is 32.2 Å². The highest BCUT2D eigenvalue weighted by molar-refractivity contribution is 7.12. The number of carboxylic acids is 2. The molecule has 5 nitrogen and oxygen atoms in total. The Bertz CT molecular complexity index is 398. The Morgan fingerprint density at radius 2 is 1.94 bits per heavy atom. The molecule has 1 aliphatic heterocycles. The van der Waals surface area contributed by atoms with Crippen LogP contribution in [0.4, 0.5) is 0 Å². The molecule has 1 aromatic heterocycles. The van der Waals surface area contributed by atoms with Crippen LogP contribution in [0.2, 0.25) is 0 Å². The molecule has 0 spiro atoms. The molecule has 0 amide bonds. The fraction of sp³-hybridized carbons (Fsp3) is 0.500. The SMILES string of the molecule is Cc1ccc(C2CCCCN2)s1.O=C(O)C(=O)O. The van der Waals surface area contributed by atoms with Crippen molar-refractivity contribution >= 4 is 23.3 Å². The minimum Gasteiger partial charge on any atom is -0.473 e. The number of piperidine rings is 1.